The fraction of sp³-hybridized carbons (Fsp3) is 0.905. The third kappa shape index (κ3) is 24.7. The summed E-state index contributed by atoms with van der Waals surface area (Å²) in [5.74, 6) is -1.99. The van der Waals surface area contributed by atoms with E-state index in [2.05, 4.69) is 16.0 Å². The minimum absolute atomic E-state index is 0.0135. The van der Waals surface area contributed by atoms with E-state index < -0.39 is 175 Å². The average Bonchev–Trinajstić information content (AvgIpc) is 1.66. The van der Waals surface area contributed by atoms with Gasteiger partial charge in [0, 0.05) is 85.3 Å². The standard InChI is InChI=1S/C63H112N6O28P2/c1-12-39-25-43(29-67(39)48(76)19-13-16-22-87-60-51(64-36(2)73)57(82)54(79)45(31-70)92-60)96-98(10,85-8)91-35-41-27-44(30-69(41)50(78)21-15-18-24-89-62-53(66-38(4)75)59(84)56(81)47(33-72)94-62)97-99(11,86-9)90-34-40-26-42(95-63(5,6)7)28-68(40)49(77)20-14-17-23-88-61-52(65-37(3)74)58(83)55(80)46(32-71)93-61/h39-47,51-62,70-72,79-84H,12-35H2,1-11H3,(H-2,64,65,66,73,74,75)/p+2/t39-,40+,41+,42-,43-,44-,45?,46?,47?,51?,52?,53?,54?,55?,56?,57?,58?,59?,60?,61?,62?,98?,99?/m1/s1. The molecule has 6 heterocycles. The lowest BCUT2D eigenvalue weighted by molar-refractivity contribution is -0.270. The van der Waals surface area contributed by atoms with E-state index in [9.17, 15) is 74.7 Å². The Hall–Kier alpha value is -3.20. The van der Waals surface area contributed by atoms with Gasteiger partial charge < -0.3 is 110 Å². The van der Waals surface area contributed by atoms with Gasteiger partial charge in [-0.3, -0.25) is 28.8 Å². The molecular formula is C63H114N6O28P2+2. The highest BCUT2D eigenvalue weighted by Crippen LogP contribution is 2.62. The van der Waals surface area contributed by atoms with E-state index in [0.717, 1.165) is 0 Å². The molecule has 34 nitrogen and oxygen atoms in total. The van der Waals surface area contributed by atoms with Gasteiger partial charge in [-0.1, -0.05) is 6.92 Å². The normalized spacial score (nSPS) is 34.1. The van der Waals surface area contributed by atoms with Gasteiger partial charge in [-0.25, -0.2) is 0 Å². The number of nitrogens with zero attached hydrogens (tertiary/aromatic N) is 3. The minimum Gasteiger partial charge on any atom is -0.394 e. The molecule has 0 radical (unpaired) electrons. The maximum Gasteiger partial charge on any atom is 0.408 e. The van der Waals surface area contributed by atoms with Gasteiger partial charge in [0.15, 0.2) is 18.9 Å². The zero-order valence-corrected chi connectivity index (χ0v) is 60.9. The van der Waals surface area contributed by atoms with E-state index in [0.29, 0.717) is 57.8 Å². The molecule has 0 aromatic heterocycles. The van der Waals surface area contributed by atoms with Crippen LogP contribution in [0, 0.1) is 0 Å². The number of nitrogens with one attached hydrogen (secondary N) is 3. The molecule has 6 saturated heterocycles. The van der Waals surface area contributed by atoms with Gasteiger partial charge in [0.1, 0.15) is 112 Å². The van der Waals surface area contributed by atoms with Gasteiger partial charge >= 0.3 is 15.9 Å². The maximum absolute atomic E-state index is 14.5. The third-order valence-corrected chi connectivity index (χ3v) is 22.3. The molecule has 17 unspecified atom stereocenters. The second-order valence-corrected chi connectivity index (χ2v) is 32.1. The van der Waals surface area contributed by atoms with Crippen molar-refractivity contribution in [2.75, 3.05) is 100 Å². The molecule has 36 heteroatoms. The summed E-state index contributed by atoms with van der Waals surface area (Å²) < 4.78 is 79.7. The van der Waals surface area contributed by atoms with Crippen LogP contribution in [0.4, 0.5) is 0 Å². The lowest BCUT2D eigenvalue weighted by Gasteiger charge is -2.42. The lowest BCUT2D eigenvalue weighted by Crippen LogP contribution is -2.64. The van der Waals surface area contributed by atoms with Crippen LogP contribution >= 0.6 is 15.9 Å². The molecule has 0 aliphatic carbocycles. The molecule has 572 valence electrons. The Morgan fingerprint density at radius 3 is 1.07 bits per heavy atom. The van der Waals surface area contributed by atoms with Crippen LogP contribution in [0.25, 0.3) is 0 Å². The van der Waals surface area contributed by atoms with Crippen molar-refractivity contribution in [1.29, 1.82) is 0 Å². The Morgan fingerprint density at radius 1 is 0.475 bits per heavy atom. The first-order valence-corrected chi connectivity index (χ1v) is 38.4. The Kier molecular flexibility index (Phi) is 34.0. The molecule has 0 saturated carbocycles. The summed E-state index contributed by atoms with van der Waals surface area (Å²) in [7, 11) is -3.44. The summed E-state index contributed by atoms with van der Waals surface area (Å²) in [5.41, 5.74) is -0.532. The fourth-order valence-electron chi connectivity index (χ4n) is 13.2. The number of unbranched alkanes of at least 4 members (excludes halogenated alkanes) is 3. The first-order chi connectivity index (χ1) is 46.8. The Labute approximate surface area is 581 Å². The first-order valence-electron chi connectivity index (χ1n) is 34.4. The molecule has 6 aliphatic heterocycles. The number of hydrogen-bond acceptors (Lipinski definition) is 28. The number of aliphatic hydroxyl groups is 9. The molecule has 12 N–H and O–H groups in total. The van der Waals surface area contributed by atoms with E-state index in [1.165, 1.54) is 35.0 Å². The number of ether oxygens (including phenoxy) is 7. The van der Waals surface area contributed by atoms with Crippen molar-refractivity contribution in [1.82, 2.24) is 30.7 Å². The fourth-order valence-corrected chi connectivity index (χ4v) is 16.0. The third-order valence-electron chi connectivity index (χ3n) is 18.4. The number of amides is 6. The van der Waals surface area contributed by atoms with Crippen LogP contribution in [0.1, 0.15) is 132 Å². The highest BCUT2D eigenvalue weighted by molar-refractivity contribution is 7.61. The zero-order chi connectivity index (χ0) is 73.1. The molecule has 0 spiro atoms. The molecule has 6 rings (SSSR count). The molecule has 0 aromatic carbocycles. The van der Waals surface area contributed by atoms with Crippen molar-refractivity contribution in [2.45, 2.75) is 266 Å². The Morgan fingerprint density at radius 2 is 0.778 bits per heavy atom. The minimum atomic E-state index is -3.22. The molecule has 0 bridgehead atoms. The quantitative estimate of drug-likeness (QED) is 0.0251. The van der Waals surface area contributed by atoms with Gasteiger partial charge in [-0.15, -0.1) is 0 Å². The number of hydrogen-bond donors (Lipinski definition) is 12. The highest BCUT2D eigenvalue weighted by atomic mass is 31.2. The van der Waals surface area contributed by atoms with Crippen molar-refractivity contribution < 1.29 is 135 Å². The van der Waals surface area contributed by atoms with Crippen LogP contribution in [-0.4, -0.2) is 330 Å². The number of likely N-dealkylation sites (tertiary alicyclic amines) is 3. The molecule has 6 amide bonds. The second-order valence-electron chi connectivity index (χ2n) is 27.3. The molecule has 6 aliphatic rings. The summed E-state index contributed by atoms with van der Waals surface area (Å²) in [5, 5.41) is 100. The average molecular weight is 1470 g/mol. The first kappa shape index (κ1) is 84.7. The van der Waals surface area contributed by atoms with Crippen molar-refractivity contribution >= 4 is 51.3 Å². The van der Waals surface area contributed by atoms with Gasteiger partial charge in [-0.2, -0.15) is 27.1 Å². The van der Waals surface area contributed by atoms with Crippen molar-refractivity contribution in [3.63, 3.8) is 0 Å². The smallest absolute Gasteiger partial charge is 0.394 e. The monoisotopic (exact) mass is 1460 g/mol. The van der Waals surface area contributed by atoms with Gasteiger partial charge in [0.05, 0.1) is 70.9 Å². The predicted molar refractivity (Wildman–Crippen MR) is 352 cm³/mol. The number of aliphatic hydroxyl groups excluding tert-OH is 9. The van der Waals surface area contributed by atoms with Crippen LogP contribution < -0.4 is 16.0 Å². The van der Waals surface area contributed by atoms with Crippen LogP contribution in [0.15, 0.2) is 0 Å². The van der Waals surface area contributed by atoms with Gasteiger partial charge in [0.25, 0.3) is 0 Å². The lowest BCUT2D eigenvalue weighted by atomic mass is 9.97. The number of carbonyl (C=O) groups is 6. The Balaban J connectivity index is 1.08. The van der Waals surface area contributed by atoms with Crippen molar-refractivity contribution in [3.05, 3.63) is 0 Å². The summed E-state index contributed by atoms with van der Waals surface area (Å²) in [6, 6.07) is -4.54. The van der Waals surface area contributed by atoms with Crippen molar-refractivity contribution in [2.24, 2.45) is 0 Å². The molecule has 0 aromatic rings. The summed E-state index contributed by atoms with van der Waals surface area (Å²) in [4.78, 5) is 83.4. The van der Waals surface area contributed by atoms with E-state index in [4.69, 9.17) is 60.3 Å². The molecule has 6 fully saturated rings. The summed E-state index contributed by atoms with van der Waals surface area (Å²) >= 11 is 0. The van der Waals surface area contributed by atoms with E-state index in [-0.39, 0.29) is 108 Å². The second kappa shape index (κ2) is 39.8. The zero-order valence-electron chi connectivity index (χ0n) is 59.1. The van der Waals surface area contributed by atoms with E-state index in [1.807, 2.05) is 27.7 Å². The van der Waals surface area contributed by atoms with Crippen LogP contribution in [0.5, 0.6) is 0 Å². The molecule has 99 heavy (non-hydrogen) atoms. The van der Waals surface area contributed by atoms with Crippen molar-refractivity contribution in [3.8, 4) is 0 Å². The number of rotatable bonds is 38. The van der Waals surface area contributed by atoms with Crippen LogP contribution in [-0.2, 0) is 89.1 Å². The SMILES string of the molecule is CC[C@@H]1C[C@@H](O[P+](C)(OC)OC[C@@H]2C[C@@H](O[P+](C)(OC)OC[C@@H]3C[C@@H](OC(C)(C)C)CN3C(=O)CCCCOC3OC(CO)C(O)C(O)C3NC(C)=O)CN2C(=O)CCCCOC2OC(CO)C(O)C(O)C2NC(C)=O)CN1C(=O)CCCCOC1OC(CO)C(O)C(O)C1NC(C)=O. The predicted octanol–water partition coefficient (Wildman–Crippen LogP) is -1.34. The summed E-state index contributed by atoms with van der Waals surface area (Å²) in [6.07, 6.45) is -12.9. The van der Waals surface area contributed by atoms with E-state index in [1.54, 1.807) is 28.0 Å². The van der Waals surface area contributed by atoms with Gasteiger partial charge in [-0.05, 0) is 72.1 Å². The van der Waals surface area contributed by atoms with E-state index >= 15 is 0 Å². The largest absolute Gasteiger partial charge is 0.408 e. The van der Waals surface area contributed by atoms with Crippen LogP contribution in [0.3, 0.4) is 0 Å². The Bertz CT molecular complexity index is 2540. The van der Waals surface area contributed by atoms with Gasteiger partial charge in [0.2, 0.25) is 35.4 Å². The topological polar surface area (TPSA) is 450 Å². The number of carbonyl (C=O) groups excluding carboxylic acids is 6. The van der Waals surface area contributed by atoms with Crippen LogP contribution in [0.2, 0.25) is 0 Å². The highest BCUT2D eigenvalue weighted by Gasteiger charge is 2.53. The maximum atomic E-state index is 14.5. The molecule has 23 atom stereocenters. The summed E-state index contributed by atoms with van der Waals surface area (Å²) in [6.45, 7) is 13.9. The molecular weight excluding hydrogens is 1350 g/mol.